The molecule has 3 aromatic rings. The van der Waals surface area contributed by atoms with Gasteiger partial charge in [0.25, 0.3) is 0 Å². The predicted molar refractivity (Wildman–Crippen MR) is 99.5 cm³/mol. The van der Waals surface area contributed by atoms with Gasteiger partial charge in [-0.3, -0.25) is 4.68 Å². The van der Waals surface area contributed by atoms with Gasteiger partial charge in [-0.1, -0.05) is 25.1 Å². The number of piperidine rings is 1. The van der Waals surface area contributed by atoms with Crippen LogP contribution in [0.25, 0.3) is 21.9 Å². The molecular weight excluding hydrogens is 298 g/mol. The van der Waals surface area contributed by atoms with Gasteiger partial charge in [0.05, 0.1) is 22.3 Å². The minimum absolute atomic E-state index is 0.479. The van der Waals surface area contributed by atoms with Crippen LogP contribution in [0.4, 0.5) is 5.69 Å². The van der Waals surface area contributed by atoms with Crippen LogP contribution in [0.2, 0.25) is 0 Å². The fourth-order valence-corrected chi connectivity index (χ4v) is 3.91. The van der Waals surface area contributed by atoms with Crippen molar-refractivity contribution in [3.8, 4) is 0 Å². The van der Waals surface area contributed by atoms with Crippen molar-refractivity contribution in [3.63, 3.8) is 0 Å². The Morgan fingerprint density at radius 3 is 2.96 bits per heavy atom. The summed E-state index contributed by atoms with van der Waals surface area (Å²) in [4.78, 5) is 7.36. The monoisotopic (exact) mass is 323 g/mol. The van der Waals surface area contributed by atoms with Gasteiger partial charge in [0.2, 0.25) is 0 Å². The number of likely N-dealkylation sites (N-methyl/N-ethyl adjacent to an activating group) is 1. The van der Waals surface area contributed by atoms with E-state index in [9.17, 15) is 0 Å². The number of nitrogens with one attached hydrogen (secondary N) is 1. The Balaban J connectivity index is 1.85. The Kier molecular flexibility index (Phi) is 3.88. The third-order valence-corrected chi connectivity index (χ3v) is 5.14. The van der Waals surface area contributed by atoms with Crippen LogP contribution in [0.3, 0.4) is 0 Å². The summed E-state index contributed by atoms with van der Waals surface area (Å²) < 4.78 is 1.89. The number of likely N-dealkylation sites (tertiary alicyclic amines) is 1. The van der Waals surface area contributed by atoms with Gasteiger partial charge in [-0.25, -0.2) is 4.98 Å². The molecule has 1 saturated heterocycles. The van der Waals surface area contributed by atoms with E-state index in [1.807, 2.05) is 17.8 Å². The fourth-order valence-electron chi connectivity index (χ4n) is 3.91. The van der Waals surface area contributed by atoms with Crippen LogP contribution < -0.4 is 5.32 Å². The van der Waals surface area contributed by atoms with E-state index in [0.29, 0.717) is 6.04 Å². The highest BCUT2D eigenvalue weighted by molar-refractivity contribution is 6.07. The highest BCUT2D eigenvalue weighted by atomic mass is 15.3. The molecule has 1 aromatic carbocycles. The van der Waals surface area contributed by atoms with Crippen LogP contribution in [0.5, 0.6) is 0 Å². The smallest absolute Gasteiger partial charge is 0.160 e. The number of nitrogens with zero attached hydrogens (tertiary/aromatic N) is 4. The van der Waals surface area contributed by atoms with Crippen molar-refractivity contribution in [1.29, 1.82) is 0 Å². The summed E-state index contributed by atoms with van der Waals surface area (Å²) in [6, 6.07) is 8.87. The standard InChI is InChI=1S/C19H25N5/c1-4-24-11-7-8-14(12-24)20-18-15-9-5-6-10-16(15)21-19-17(18)13(2)22-23(19)3/h5-6,9-10,14H,4,7-8,11-12H2,1-3H3,(H,20,21). The first-order chi connectivity index (χ1) is 11.7. The summed E-state index contributed by atoms with van der Waals surface area (Å²) in [5.41, 5.74) is 4.22. The zero-order chi connectivity index (χ0) is 16.7. The number of hydrogen-bond acceptors (Lipinski definition) is 4. The number of aromatic nitrogens is 3. The molecule has 5 heteroatoms. The summed E-state index contributed by atoms with van der Waals surface area (Å²) in [7, 11) is 1.97. The van der Waals surface area contributed by atoms with Crippen LogP contribution in [-0.2, 0) is 7.05 Å². The highest BCUT2D eigenvalue weighted by Crippen LogP contribution is 2.33. The molecule has 1 atom stereocenters. The molecule has 4 rings (SSSR count). The topological polar surface area (TPSA) is 46.0 Å². The highest BCUT2D eigenvalue weighted by Gasteiger charge is 2.22. The van der Waals surface area contributed by atoms with Gasteiger partial charge in [-0.05, 0) is 38.9 Å². The predicted octanol–water partition coefficient (Wildman–Crippen LogP) is 3.33. The second kappa shape index (κ2) is 6.06. The van der Waals surface area contributed by atoms with Gasteiger partial charge in [-0.2, -0.15) is 5.10 Å². The lowest BCUT2D eigenvalue weighted by Gasteiger charge is -2.33. The Labute approximate surface area is 142 Å². The van der Waals surface area contributed by atoms with Gasteiger partial charge < -0.3 is 10.2 Å². The minimum atomic E-state index is 0.479. The lowest BCUT2D eigenvalue weighted by molar-refractivity contribution is 0.227. The van der Waals surface area contributed by atoms with E-state index in [1.54, 1.807) is 0 Å². The lowest BCUT2D eigenvalue weighted by atomic mass is 10.0. The summed E-state index contributed by atoms with van der Waals surface area (Å²) >= 11 is 0. The number of para-hydroxylation sites is 1. The first kappa shape index (κ1) is 15.4. The number of aryl methyl sites for hydroxylation is 2. The first-order valence-corrected chi connectivity index (χ1v) is 8.88. The van der Waals surface area contributed by atoms with E-state index < -0.39 is 0 Å². The molecule has 0 aliphatic carbocycles. The van der Waals surface area contributed by atoms with Gasteiger partial charge >= 0.3 is 0 Å². The Morgan fingerprint density at radius 1 is 1.29 bits per heavy atom. The van der Waals surface area contributed by atoms with Crippen molar-refractivity contribution in [1.82, 2.24) is 19.7 Å². The molecule has 5 nitrogen and oxygen atoms in total. The van der Waals surface area contributed by atoms with Crippen LogP contribution in [0.15, 0.2) is 24.3 Å². The molecule has 0 spiro atoms. The van der Waals surface area contributed by atoms with Crippen LogP contribution in [-0.4, -0.2) is 45.3 Å². The van der Waals surface area contributed by atoms with Crippen molar-refractivity contribution < 1.29 is 0 Å². The molecule has 0 radical (unpaired) electrons. The molecule has 0 saturated carbocycles. The van der Waals surface area contributed by atoms with Crippen molar-refractivity contribution >= 4 is 27.6 Å². The van der Waals surface area contributed by atoms with E-state index in [0.717, 1.165) is 35.3 Å². The van der Waals surface area contributed by atoms with Crippen molar-refractivity contribution in [2.24, 2.45) is 7.05 Å². The normalized spacial score (nSPS) is 19.2. The Hall–Kier alpha value is -2.14. The molecule has 3 heterocycles. The first-order valence-electron chi connectivity index (χ1n) is 8.88. The molecular formula is C19H25N5. The van der Waals surface area contributed by atoms with Crippen molar-refractivity contribution in [2.45, 2.75) is 32.7 Å². The number of hydrogen-bond donors (Lipinski definition) is 1. The summed E-state index contributed by atoms with van der Waals surface area (Å²) in [6.07, 6.45) is 2.47. The van der Waals surface area contributed by atoms with Gasteiger partial charge in [0.1, 0.15) is 0 Å². The minimum Gasteiger partial charge on any atom is -0.380 e. The maximum atomic E-state index is 4.83. The van der Waals surface area contributed by atoms with Gasteiger partial charge in [0.15, 0.2) is 5.65 Å². The number of benzene rings is 1. The molecule has 1 aliphatic rings. The van der Waals surface area contributed by atoms with E-state index in [4.69, 9.17) is 4.98 Å². The molecule has 1 aliphatic heterocycles. The molecule has 0 amide bonds. The van der Waals surface area contributed by atoms with E-state index in [2.05, 4.69) is 47.4 Å². The average Bonchev–Trinajstić information content (AvgIpc) is 2.89. The Bertz CT molecular complexity index is 882. The summed E-state index contributed by atoms with van der Waals surface area (Å²) in [5.74, 6) is 0. The van der Waals surface area contributed by atoms with Crippen LogP contribution in [0.1, 0.15) is 25.5 Å². The van der Waals surface area contributed by atoms with Gasteiger partial charge in [0, 0.05) is 25.0 Å². The molecule has 0 bridgehead atoms. The van der Waals surface area contributed by atoms with Crippen LogP contribution >= 0.6 is 0 Å². The maximum Gasteiger partial charge on any atom is 0.160 e. The number of rotatable bonds is 3. The second-order valence-electron chi connectivity index (χ2n) is 6.79. The Morgan fingerprint density at radius 2 is 2.12 bits per heavy atom. The molecule has 24 heavy (non-hydrogen) atoms. The quantitative estimate of drug-likeness (QED) is 0.803. The number of anilines is 1. The average molecular weight is 323 g/mol. The maximum absolute atomic E-state index is 4.83. The summed E-state index contributed by atoms with van der Waals surface area (Å²) in [5, 5.41) is 10.8. The molecule has 1 unspecified atom stereocenters. The molecule has 2 aromatic heterocycles. The van der Waals surface area contributed by atoms with Crippen molar-refractivity contribution in [3.05, 3.63) is 30.0 Å². The van der Waals surface area contributed by atoms with E-state index in [-0.39, 0.29) is 0 Å². The van der Waals surface area contributed by atoms with E-state index >= 15 is 0 Å². The van der Waals surface area contributed by atoms with Crippen molar-refractivity contribution in [2.75, 3.05) is 25.0 Å². The third-order valence-electron chi connectivity index (χ3n) is 5.14. The zero-order valence-corrected chi connectivity index (χ0v) is 14.7. The lowest BCUT2D eigenvalue weighted by Crippen LogP contribution is -2.41. The molecule has 1 N–H and O–H groups in total. The fraction of sp³-hybridized carbons (Fsp3) is 0.474. The van der Waals surface area contributed by atoms with E-state index in [1.165, 1.54) is 30.5 Å². The summed E-state index contributed by atoms with van der Waals surface area (Å²) in [6.45, 7) is 7.76. The second-order valence-corrected chi connectivity index (χ2v) is 6.79. The third kappa shape index (κ3) is 2.53. The van der Waals surface area contributed by atoms with Crippen LogP contribution in [0, 0.1) is 6.92 Å². The largest absolute Gasteiger partial charge is 0.380 e. The van der Waals surface area contributed by atoms with Gasteiger partial charge in [-0.15, -0.1) is 0 Å². The molecule has 1 fully saturated rings. The zero-order valence-electron chi connectivity index (χ0n) is 14.7. The number of pyridine rings is 1. The SMILES string of the molecule is CCN1CCCC(Nc2c3ccccc3nc3c2c(C)nn3C)C1. The number of fused-ring (bicyclic) bond motifs is 2. The molecule has 126 valence electrons.